The lowest BCUT2D eigenvalue weighted by atomic mass is 9.95. The van der Waals surface area contributed by atoms with Gasteiger partial charge in [0.05, 0.1) is 26.1 Å². The molecule has 0 unspecified atom stereocenters. The molecule has 8 nitrogen and oxygen atoms in total. The first-order valence-corrected chi connectivity index (χ1v) is 8.98. The fourth-order valence-corrected chi connectivity index (χ4v) is 3.72. The number of benzene rings is 1. The predicted molar refractivity (Wildman–Crippen MR) is 96.9 cm³/mol. The molecule has 0 radical (unpaired) electrons. The van der Waals surface area contributed by atoms with Crippen LogP contribution in [-0.4, -0.2) is 61.6 Å². The highest BCUT2D eigenvalue weighted by Crippen LogP contribution is 2.34. The Labute approximate surface area is 157 Å². The summed E-state index contributed by atoms with van der Waals surface area (Å²) in [6, 6.07) is 5.22. The van der Waals surface area contributed by atoms with Crippen LogP contribution in [0, 0.1) is 11.8 Å². The van der Waals surface area contributed by atoms with Gasteiger partial charge in [-0.3, -0.25) is 14.4 Å². The number of likely N-dealkylation sites (tertiary alicyclic amines) is 1. The second-order valence-corrected chi connectivity index (χ2v) is 6.88. The van der Waals surface area contributed by atoms with Crippen molar-refractivity contribution < 1.29 is 29.0 Å². The van der Waals surface area contributed by atoms with E-state index >= 15 is 0 Å². The summed E-state index contributed by atoms with van der Waals surface area (Å²) in [4.78, 5) is 39.6. The molecule has 0 aliphatic carbocycles. The van der Waals surface area contributed by atoms with Crippen molar-refractivity contribution in [2.24, 2.45) is 11.8 Å². The Balaban J connectivity index is 1.67. The van der Waals surface area contributed by atoms with Crippen molar-refractivity contribution >= 4 is 23.5 Å². The van der Waals surface area contributed by atoms with Crippen LogP contribution in [0.4, 0.5) is 5.69 Å². The fourth-order valence-electron chi connectivity index (χ4n) is 3.72. The first kappa shape index (κ1) is 19.0. The second kappa shape index (κ2) is 7.85. The average molecular weight is 376 g/mol. The van der Waals surface area contributed by atoms with E-state index in [1.807, 2.05) is 0 Å². The Morgan fingerprint density at radius 1 is 1.07 bits per heavy atom. The lowest BCUT2D eigenvalue weighted by Crippen LogP contribution is -2.43. The molecule has 8 heteroatoms. The quantitative estimate of drug-likeness (QED) is 0.834. The molecule has 0 spiro atoms. The molecule has 146 valence electrons. The predicted octanol–water partition coefficient (Wildman–Crippen LogP) is 1.38. The molecule has 0 aromatic heterocycles. The number of anilines is 1. The topological polar surface area (TPSA) is 96.4 Å². The number of rotatable bonds is 5. The van der Waals surface area contributed by atoms with Crippen molar-refractivity contribution in [1.29, 1.82) is 0 Å². The normalized spacial score (nSPS) is 20.7. The van der Waals surface area contributed by atoms with Gasteiger partial charge in [0.1, 0.15) is 0 Å². The zero-order valence-corrected chi connectivity index (χ0v) is 15.5. The maximum atomic E-state index is 12.8. The number of amides is 2. The molecule has 2 aliphatic rings. The van der Waals surface area contributed by atoms with Crippen LogP contribution in [0.1, 0.15) is 19.3 Å². The smallest absolute Gasteiger partial charge is 0.306 e. The third-order valence-corrected chi connectivity index (χ3v) is 5.31. The number of carboxylic acids is 1. The Hall–Kier alpha value is -2.77. The highest BCUT2D eigenvalue weighted by molar-refractivity contribution is 6.00. The zero-order chi connectivity index (χ0) is 19.6. The van der Waals surface area contributed by atoms with Gasteiger partial charge in [-0.15, -0.1) is 0 Å². The molecular formula is C19H24N2O6. The number of nitrogens with zero attached hydrogens (tertiary/aromatic N) is 2. The number of methoxy groups -OCH3 is 2. The molecule has 3 rings (SSSR count). The van der Waals surface area contributed by atoms with Gasteiger partial charge in [-0.25, -0.2) is 0 Å². The van der Waals surface area contributed by atoms with Crippen molar-refractivity contribution in [3.05, 3.63) is 18.2 Å². The van der Waals surface area contributed by atoms with Crippen molar-refractivity contribution in [1.82, 2.24) is 4.90 Å². The molecule has 0 bridgehead atoms. The summed E-state index contributed by atoms with van der Waals surface area (Å²) >= 11 is 0. The Kier molecular flexibility index (Phi) is 5.53. The van der Waals surface area contributed by atoms with Crippen molar-refractivity contribution in [2.45, 2.75) is 19.3 Å². The van der Waals surface area contributed by atoms with Crippen LogP contribution in [0.2, 0.25) is 0 Å². The molecule has 1 aromatic carbocycles. The maximum absolute atomic E-state index is 12.8. The number of piperidine rings is 1. The summed E-state index contributed by atoms with van der Waals surface area (Å²) < 4.78 is 10.5. The number of hydrogen-bond donors (Lipinski definition) is 1. The number of carbonyl (C=O) groups is 3. The lowest BCUT2D eigenvalue weighted by Gasteiger charge is -2.31. The molecule has 0 saturated carbocycles. The minimum Gasteiger partial charge on any atom is -0.493 e. The van der Waals surface area contributed by atoms with Crippen LogP contribution in [0.3, 0.4) is 0 Å². The number of carbonyl (C=O) groups excluding carboxylic acids is 2. The van der Waals surface area contributed by atoms with E-state index in [0.717, 1.165) is 0 Å². The molecule has 2 fully saturated rings. The van der Waals surface area contributed by atoms with E-state index in [2.05, 4.69) is 0 Å². The van der Waals surface area contributed by atoms with Gasteiger partial charge in [-0.05, 0) is 25.0 Å². The molecule has 1 atom stereocenters. The molecular weight excluding hydrogens is 352 g/mol. The van der Waals surface area contributed by atoms with E-state index in [1.54, 1.807) is 35.1 Å². The first-order valence-electron chi connectivity index (χ1n) is 8.98. The molecule has 2 saturated heterocycles. The number of aliphatic carboxylic acids is 1. The van der Waals surface area contributed by atoms with Gasteiger partial charge in [0.2, 0.25) is 11.8 Å². The molecule has 2 aliphatic heterocycles. The summed E-state index contributed by atoms with van der Waals surface area (Å²) in [7, 11) is 3.07. The number of hydrogen-bond acceptors (Lipinski definition) is 5. The third-order valence-electron chi connectivity index (χ3n) is 5.31. The largest absolute Gasteiger partial charge is 0.493 e. The van der Waals surface area contributed by atoms with Crippen molar-refractivity contribution in [2.75, 3.05) is 38.8 Å². The van der Waals surface area contributed by atoms with Crippen LogP contribution < -0.4 is 14.4 Å². The van der Waals surface area contributed by atoms with E-state index < -0.39 is 11.9 Å². The van der Waals surface area contributed by atoms with E-state index in [0.29, 0.717) is 49.7 Å². The average Bonchev–Trinajstić information content (AvgIpc) is 3.08. The second-order valence-electron chi connectivity index (χ2n) is 6.88. The molecule has 27 heavy (non-hydrogen) atoms. The highest BCUT2D eigenvalue weighted by Gasteiger charge is 2.38. The summed E-state index contributed by atoms with van der Waals surface area (Å²) in [5.74, 6) is -0.696. The Morgan fingerprint density at radius 2 is 1.74 bits per heavy atom. The highest BCUT2D eigenvalue weighted by atomic mass is 16.5. The van der Waals surface area contributed by atoms with Gasteiger partial charge in [-0.2, -0.15) is 0 Å². The Morgan fingerprint density at radius 3 is 2.33 bits per heavy atom. The van der Waals surface area contributed by atoms with Crippen LogP contribution >= 0.6 is 0 Å². The minimum atomic E-state index is -0.808. The number of carboxylic acid groups (broad SMARTS) is 1. The third kappa shape index (κ3) is 3.84. The van der Waals surface area contributed by atoms with E-state index in [-0.39, 0.29) is 24.2 Å². The molecule has 2 heterocycles. The van der Waals surface area contributed by atoms with Gasteiger partial charge < -0.3 is 24.4 Å². The van der Waals surface area contributed by atoms with Crippen molar-refractivity contribution in [3.63, 3.8) is 0 Å². The van der Waals surface area contributed by atoms with Gasteiger partial charge in [-0.1, -0.05) is 0 Å². The fraction of sp³-hybridized carbons (Fsp3) is 0.526. The van der Waals surface area contributed by atoms with Crippen LogP contribution in [0.5, 0.6) is 11.5 Å². The van der Waals surface area contributed by atoms with Crippen LogP contribution in [-0.2, 0) is 14.4 Å². The summed E-state index contributed by atoms with van der Waals surface area (Å²) in [5.41, 5.74) is 0.664. The lowest BCUT2D eigenvalue weighted by molar-refractivity contribution is -0.146. The van der Waals surface area contributed by atoms with Crippen molar-refractivity contribution in [3.8, 4) is 11.5 Å². The van der Waals surface area contributed by atoms with Crippen LogP contribution in [0.25, 0.3) is 0 Å². The summed E-state index contributed by atoms with van der Waals surface area (Å²) in [6.45, 7) is 1.17. The van der Waals surface area contributed by atoms with E-state index in [1.165, 1.54) is 7.11 Å². The van der Waals surface area contributed by atoms with E-state index in [4.69, 9.17) is 14.6 Å². The van der Waals surface area contributed by atoms with Gasteiger partial charge in [0, 0.05) is 37.8 Å². The standard InChI is InChI=1S/C19H24N2O6/c1-26-15-4-3-14(10-16(15)27-2)21-11-13(9-17(21)22)18(23)20-7-5-12(6-8-20)19(24)25/h3-4,10,12-13H,5-9,11H2,1-2H3,(H,24,25)/t13-/m0/s1. The van der Waals surface area contributed by atoms with E-state index in [9.17, 15) is 14.4 Å². The Bertz CT molecular complexity index is 742. The number of ether oxygens (including phenoxy) is 2. The minimum absolute atomic E-state index is 0.0739. The maximum Gasteiger partial charge on any atom is 0.306 e. The summed E-state index contributed by atoms with van der Waals surface area (Å²) in [5, 5.41) is 9.08. The van der Waals surface area contributed by atoms with Gasteiger partial charge in [0.15, 0.2) is 11.5 Å². The molecule has 2 amide bonds. The van der Waals surface area contributed by atoms with Gasteiger partial charge >= 0.3 is 5.97 Å². The zero-order valence-electron chi connectivity index (χ0n) is 15.5. The van der Waals surface area contributed by atoms with Crippen LogP contribution in [0.15, 0.2) is 18.2 Å². The van der Waals surface area contributed by atoms with Gasteiger partial charge in [0.25, 0.3) is 0 Å². The summed E-state index contributed by atoms with van der Waals surface area (Å²) in [6.07, 6.45) is 1.08. The monoisotopic (exact) mass is 376 g/mol. The molecule has 1 aromatic rings. The first-order chi connectivity index (χ1) is 12.9. The SMILES string of the molecule is COc1ccc(N2C[C@@H](C(=O)N3CCC(C(=O)O)CC3)CC2=O)cc1OC. The molecule has 1 N–H and O–H groups in total.